The SMILES string of the molecule is CC1(c2ncc(CO)c(C3CC3)n2)CCCCO1. The lowest BCUT2D eigenvalue weighted by Gasteiger charge is -2.32. The number of aromatic nitrogens is 2. The van der Waals surface area contributed by atoms with E-state index in [4.69, 9.17) is 9.72 Å². The quantitative estimate of drug-likeness (QED) is 0.891. The molecule has 0 aromatic carbocycles. The summed E-state index contributed by atoms with van der Waals surface area (Å²) < 4.78 is 5.89. The van der Waals surface area contributed by atoms with Crippen molar-refractivity contribution in [3.05, 3.63) is 23.3 Å². The molecule has 1 aliphatic heterocycles. The molecule has 0 radical (unpaired) electrons. The van der Waals surface area contributed by atoms with Gasteiger partial charge in [0.05, 0.1) is 12.3 Å². The van der Waals surface area contributed by atoms with Crippen molar-refractivity contribution in [2.75, 3.05) is 6.61 Å². The number of aliphatic hydroxyl groups excluding tert-OH is 1. The highest BCUT2D eigenvalue weighted by atomic mass is 16.5. The first kappa shape index (κ1) is 12.1. The standard InChI is InChI=1S/C14H20N2O2/c1-14(6-2-3-7-18-14)13-15-8-11(9-17)12(16-13)10-4-5-10/h8,10,17H,2-7,9H2,1H3. The van der Waals surface area contributed by atoms with Crippen molar-refractivity contribution in [3.63, 3.8) is 0 Å². The Morgan fingerprint density at radius 1 is 1.44 bits per heavy atom. The Bertz CT molecular complexity index is 437. The zero-order valence-electron chi connectivity index (χ0n) is 10.9. The maximum Gasteiger partial charge on any atom is 0.160 e. The van der Waals surface area contributed by atoms with Crippen LogP contribution >= 0.6 is 0 Å². The molecule has 1 aromatic heterocycles. The zero-order valence-corrected chi connectivity index (χ0v) is 10.9. The minimum Gasteiger partial charge on any atom is -0.392 e. The maximum atomic E-state index is 9.35. The summed E-state index contributed by atoms with van der Waals surface area (Å²) in [6.45, 7) is 2.90. The molecule has 4 nitrogen and oxygen atoms in total. The van der Waals surface area contributed by atoms with Gasteiger partial charge in [0.2, 0.25) is 0 Å². The lowest BCUT2D eigenvalue weighted by Crippen LogP contribution is -2.32. The van der Waals surface area contributed by atoms with Gasteiger partial charge in [0.1, 0.15) is 5.60 Å². The fourth-order valence-electron chi connectivity index (χ4n) is 2.62. The first-order valence-electron chi connectivity index (χ1n) is 6.84. The van der Waals surface area contributed by atoms with E-state index >= 15 is 0 Å². The third-order valence-corrected chi connectivity index (χ3v) is 3.97. The van der Waals surface area contributed by atoms with Crippen molar-refractivity contribution in [1.82, 2.24) is 9.97 Å². The van der Waals surface area contributed by atoms with Crippen molar-refractivity contribution in [2.24, 2.45) is 0 Å². The summed E-state index contributed by atoms with van der Waals surface area (Å²) in [6, 6.07) is 0. The van der Waals surface area contributed by atoms with Crippen molar-refractivity contribution in [1.29, 1.82) is 0 Å². The highest BCUT2D eigenvalue weighted by Crippen LogP contribution is 2.41. The number of nitrogens with zero attached hydrogens (tertiary/aromatic N) is 2. The van der Waals surface area contributed by atoms with Crippen LogP contribution in [0, 0.1) is 0 Å². The topological polar surface area (TPSA) is 55.2 Å². The Kier molecular flexibility index (Phi) is 3.08. The Hall–Kier alpha value is -1.00. The highest BCUT2D eigenvalue weighted by molar-refractivity contribution is 5.25. The van der Waals surface area contributed by atoms with Crippen molar-refractivity contribution in [3.8, 4) is 0 Å². The van der Waals surface area contributed by atoms with Gasteiger partial charge >= 0.3 is 0 Å². The van der Waals surface area contributed by atoms with Gasteiger partial charge in [-0.2, -0.15) is 0 Å². The van der Waals surface area contributed by atoms with Crippen LogP contribution in [0.1, 0.15) is 62.0 Å². The van der Waals surface area contributed by atoms with Gasteiger partial charge in [-0.3, -0.25) is 0 Å². The van der Waals surface area contributed by atoms with E-state index in [1.807, 2.05) is 0 Å². The third kappa shape index (κ3) is 2.15. The minimum absolute atomic E-state index is 0.0314. The maximum absolute atomic E-state index is 9.35. The lowest BCUT2D eigenvalue weighted by molar-refractivity contribution is -0.0762. The Labute approximate surface area is 107 Å². The van der Waals surface area contributed by atoms with Crippen LogP contribution < -0.4 is 0 Å². The molecule has 1 saturated carbocycles. The average molecular weight is 248 g/mol. The Morgan fingerprint density at radius 2 is 2.28 bits per heavy atom. The molecule has 1 saturated heterocycles. The van der Waals surface area contributed by atoms with Crippen LogP contribution in [0.2, 0.25) is 0 Å². The molecule has 1 N–H and O–H groups in total. The highest BCUT2D eigenvalue weighted by Gasteiger charge is 2.35. The molecule has 3 rings (SSSR count). The van der Waals surface area contributed by atoms with Crippen LogP contribution in [0.4, 0.5) is 0 Å². The molecule has 0 spiro atoms. The van der Waals surface area contributed by atoms with Crippen LogP contribution in [0.3, 0.4) is 0 Å². The molecular formula is C14H20N2O2. The van der Waals surface area contributed by atoms with Gasteiger partial charge in [-0.1, -0.05) is 0 Å². The summed E-state index contributed by atoms with van der Waals surface area (Å²) in [6.07, 6.45) is 7.41. The number of ether oxygens (including phenoxy) is 1. The molecule has 18 heavy (non-hydrogen) atoms. The van der Waals surface area contributed by atoms with Gasteiger partial charge < -0.3 is 9.84 Å². The average Bonchev–Trinajstić information content (AvgIpc) is 3.23. The second-order valence-corrected chi connectivity index (χ2v) is 5.57. The number of hydrogen-bond donors (Lipinski definition) is 1. The van der Waals surface area contributed by atoms with Crippen molar-refractivity contribution < 1.29 is 9.84 Å². The van der Waals surface area contributed by atoms with Gasteiger partial charge in [0, 0.05) is 24.3 Å². The number of rotatable bonds is 3. The molecule has 1 unspecified atom stereocenters. The van der Waals surface area contributed by atoms with E-state index in [2.05, 4.69) is 11.9 Å². The van der Waals surface area contributed by atoms with E-state index in [1.54, 1.807) is 6.20 Å². The third-order valence-electron chi connectivity index (χ3n) is 3.97. The van der Waals surface area contributed by atoms with Crippen LogP contribution in [0.25, 0.3) is 0 Å². The van der Waals surface area contributed by atoms with Gasteiger partial charge in [-0.15, -0.1) is 0 Å². The smallest absolute Gasteiger partial charge is 0.160 e. The second-order valence-electron chi connectivity index (χ2n) is 5.57. The largest absolute Gasteiger partial charge is 0.392 e. The van der Waals surface area contributed by atoms with Crippen LogP contribution in [0.15, 0.2) is 6.20 Å². The van der Waals surface area contributed by atoms with E-state index in [1.165, 1.54) is 19.3 Å². The fourth-order valence-corrected chi connectivity index (χ4v) is 2.62. The molecule has 2 aliphatic rings. The molecule has 1 aromatic rings. The molecule has 2 heterocycles. The van der Waals surface area contributed by atoms with Gasteiger partial charge in [0.25, 0.3) is 0 Å². The predicted molar refractivity (Wildman–Crippen MR) is 67.1 cm³/mol. The van der Waals surface area contributed by atoms with E-state index in [0.717, 1.165) is 36.5 Å². The first-order valence-corrected chi connectivity index (χ1v) is 6.84. The molecule has 4 heteroatoms. The summed E-state index contributed by atoms with van der Waals surface area (Å²) in [4.78, 5) is 9.12. The van der Waals surface area contributed by atoms with Crippen molar-refractivity contribution in [2.45, 2.75) is 57.2 Å². The summed E-state index contributed by atoms with van der Waals surface area (Å²) >= 11 is 0. The predicted octanol–water partition coefficient (Wildman–Crippen LogP) is 2.26. The molecule has 0 bridgehead atoms. The van der Waals surface area contributed by atoms with Gasteiger partial charge in [0.15, 0.2) is 5.82 Å². The summed E-state index contributed by atoms with van der Waals surface area (Å²) in [5.41, 5.74) is 1.58. The summed E-state index contributed by atoms with van der Waals surface area (Å²) in [7, 11) is 0. The fraction of sp³-hybridized carbons (Fsp3) is 0.714. The molecule has 2 fully saturated rings. The van der Waals surface area contributed by atoms with E-state index in [-0.39, 0.29) is 12.2 Å². The first-order chi connectivity index (χ1) is 8.73. The van der Waals surface area contributed by atoms with Crippen LogP contribution in [-0.4, -0.2) is 21.7 Å². The minimum atomic E-state index is -0.337. The molecule has 1 atom stereocenters. The molecule has 1 aliphatic carbocycles. The number of aliphatic hydroxyl groups is 1. The number of hydrogen-bond acceptors (Lipinski definition) is 4. The Morgan fingerprint density at radius 3 is 2.89 bits per heavy atom. The normalized spacial score (nSPS) is 28.3. The second kappa shape index (κ2) is 4.59. The summed E-state index contributed by atoms with van der Waals surface area (Å²) in [5, 5.41) is 9.35. The van der Waals surface area contributed by atoms with E-state index < -0.39 is 0 Å². The molecular weight excluding hydrogens is 228 g/mol. The molecule has 98 valence electrons. The molecule has 0 amide bonds. The van der Waals surface area contributed by atoms with Gasteiger partial charge in [-0.25, -0.2) is 9.97 Å². The van der Waals surface area contributed by atoms with Crippen LogP contribution in [-0.2, 0) is 16.9 Å². The van der Waals surface area contributed by atoms with Crippen molar-refractivity contribution >= 4 is 0 Å². The van der Waals surface area contributed by atoms with E-state index in [0.29, 0.717) is 5.92 Å². The van der Waals surface area contributed by atoms with E-state index in [9.17, 15) is 5.11 Å². The monoisotopic (exact) mass is 248 g/mol. The van der Waals surface area contributed by atoms with Crippen LogP contribution in [0.5, 0.6) is 0 Å². The summed E-state index contributed by atoms with van der Waals surface area (Å²) in [5.74, 6) is 1.32. The lowest BCUT2D eigenvalue weighted by atomic mass is 9.94. The zero-order chi connectivity index (χ0) is 12.6. The van der Waals surface area contributed by atoms with Gasteiger partial charge in [-0.05, 0) is 39.0 Å². The Balaban J connectivity index is 1.94.